The van der Waals surface area contributed by atoms with Gasteiger partial charge in [-0.1, -0.05) is 37.3 Å². The zero-order valence-electron chi connectivity index (χ0n) is 14.4. The standard InChI is InChI=1S/C18H28N2O3/c1-4-17(21)20(14-16-10-7-6-8-11-16)15(3)18(22)19-12-9-13-23-5-2/h6-8,10-11,15H,4-5,9,12-14H2,1-3H3,(H,19,22)/t15-/m0/s1. The summed E-state index contributed by atoms with van der Waals surface area (Å²) in [7, 11) is 0. The van der Waals surface area contributed by atoms with Gasteiger partial charge < -0.3 is 15.0 Å². The molecule has 0 aliphatic carbocycles. The number of benzene rings is 1. The van der Waals surface area contributed by atoms with E-state index in [4.69, 9.17) is 4.74 Å². The van der Waals surface area contributed by atoms with E-state index in [1.54, 1.807) is 11.8 Å². The minimum atomic E-state index is -0.491. The largest absolute Gasteiger partial charge is 0.382 e. The molecule has 1 rings (SSSR count). The van der Waals surface area contributed by atoms with E-state index in [9.17, 15) is 9.59 Å². The summed E-state index contributed by atoms with van der Waals surface area (Å²) in [4.78, 5) is 26.1. The predicted molar refractivity (Wildman–Crippen MR) is 90.9 cm³/mol. The monoisotopic (exact) mass is 320 g/mol. The van der Waals surface area contributed by atoms with Gasteiger partial charge in [0.15, 0.2) is 0 Å². The van der Waals surface area contributed by atoms with Crippen LogP contribution in [0.15, 0.2) is 30.3 Å². The first-order valence-corrected chi connectivity index (χ1v) is 8.29. The molecule has 0 aliphatic heterocycles. The highest BCUT2D eigenvalue weighted by molar-refractivity contribution is 5.87. The Kier molecular flexibility index (Phi) is 8.98. The second-order valence-corrected chi connectivity index (χ2v) is 5.38. The van der Waals surface area contributed by atoms with Crippen LogP contribution in [0, 0.1) is 0 Å². The Morgan fingerprint density at radius 3 is 2.52 bits per heavy atom. The Morgan fingerprint density at radius 2 is 1.91 bits per heavy atom. The first-order valence-electron chi connectivity index (χ1n) is 8.29. The lowest BCUT2D eigenvalue weighted by molar-refractivity contribution is -0.140. The molecule has 1 aromatic carbocycles. The highest BCUT2D eigenvalue weighted by atomic mass is 16.5. The van der Waals surface area contributed by atoms with Crippen molar-refractivity contribution in [1.29, 1.82) is 0 Å². The molecule has 23 heavy (non-hydrogen) atoms. The van der Waals surface area contributed by atoms with Crippen molar-refractivity contribution in [2.24, 2.45) is 0 Å². The number of ether oxygens (including phenoxy) is 1. The van der Waals surface area contributed by atoms with Crippen molar-refractivity contribution in [3.63, 3.8) is 0 Å². The molecule has 0 aliphatic rings. The Bertz CT molecular complexity index is 476. The lowest BCUT2D eigenvalue weighted by atomic mass is 10.1. The lowest BCUT2D eigenvalue weighted by Gasteiger charge is -2.28. The number of hydrogen-bond acceptors (Lipinski definition) is 3. The molecule has 1 atom stereocenters. The molecule has 0 aromatic heterocycles. The van der Waals surface area contributed by atoms with Gasteiger partial charge in [-0.3, -0.25) is 9.59 Å². The third-order valence-electron chi connectivity index (χ3n) is 3.63. The molecule has 0 saturated heterocycles. The fraction of sp³-hybridized carbons (Fsp3) is 0.556. The fourth-order valence-corrected chi connectivity index (χ4v) is 2.24. The quantitative estimate of drug-likeness (QED) is 0.673. The highest BCUT2D eigenvalue weighted by Crippen LogP contribution is 2.10. The van der Waals surface area contributed by atoms with E-state index in [1.807, 2.05) is 44.2 Å². The number of nitrogens with one attached hydrogen (secondary N) is 1. The van der Waals surface area contributed by atoms with E-state index in [-0.39, 0.29) is 11.8 Å². The maximum Gasteiger partial charge on any atom is 0.242 e. The van der Waals surface area contributed by atoms with Crippen LogP contribution in [-0.2, 0) is 20.9 Å². The zero-order chi connectivity index (χ0) is 17.1. The van der Waals surface area contributed by atoms with E-state index in [1.165, 1.54) is 0 Å². The number of carbonyl (C=O) groups is 2. The highest BCUT2D eigenvalue weighted by Gasteiger charge is 2.24. The van der Waals surface area contributed by atoms with Gasteiger partial charge >= 0.3 is 0 Å². The second kappa shape index (κ2) is 10.8. The second-order valence-electron chi connectivity index (χ2n) is 5.38. The van der Waals surface area contributed by atoms with Crippen molar-refractivity contribution in [1.82, 2.24) is 10.2 Å². The van der Waals surface area contributed by atoms with Gasteiger partial charge in [0.1, 0.15) is 6.04 Å². The Morgan fingerprint density at radius 1 is 1.22 bits per heavy atom. The van der Waals surface area contributed by atoms with E-state index in [2.05, 4.69) is 5.32 Å². The maximum atomic E-state index is 12.3. The molecule has 128 valence electrons. The number of rotatable bonds is 10. The van der Waals surface area contributed by atoms with Crippen molar-refractivity contribution < 1.29 is 14.3 Å². The molecule has 0 bridgehead atoms. The van der Waals surface area contributed by atoms with Gasteiger partial charge in [-0.25, -0.2) is 0 Å². The summed E-state index contributed by atoms with van der Waals surface area (Å²) in [6.07, 6.45) is 1.15. The van der Waals surface area contributed by atoms with Crippen LogP contribution in [0.4, 0.5) is 0 Å². The summed E-state index contributed by atoms with van der Waals surface area (Å²) in [5.74, 6) is -0.148. The smallest absolute Gasteiger partial charge is 0.242 e. The third-order valence-corrected chi connectivity index (χ3v) is 3.63. The van der Waals surface area contributed by atoms with Gasteiger partial charge in [0.2, 0.25) is 11.8 Å². The molecular weight excluding hydrogens is 292 g/mol. The SMILES string of the molecule is CCOCCCNC(=O)[C@H](C)N(Cc1ccccc1)C(=O)CC. The molecule has 5 heteroatoms. The van der Waals surface area contributed by atoms with E-state index < -0.39 is 6.04 Å². The number of amides is 2. The fourth-order valence-electron chi connectivity index (χ4n) is 2.24. The van der Waals surface area contributed by atoms with Gasteiger partial charge in [-0.2, -0.15) is 0 Å². The normalized spacial score (nSPS) is 11.8. The zero-order valence-corrected chi connectivity index (χ0v) is 14.4. The van der Waals surface area contributed by atoms with Crippen molar-refractivity contribution in [3.05, 3.63) is 35.9 Å². The molecular formula is C18H28N2O3. The molecule has 0 unspecified atom stereocenters. The van der Waals surface area contributed by atoms with Gasteiger partial charge in [-0.15, -0.1) is 0 Å². The van der Waals surface area contributed by atoms with Crippen LogP contribution in [0.2, 0.25) is 0 Å². The average molecular weight is 320 g/mol. The molecule has 0 spiro atoms. The Balaban J connectivity index is 2.59. The first kappa shape index (κ1) is 19.2. The number of carbonyl (C=O) groups excluding carboxylic acids is 2. The molecule has 1 aromatic rings. The summed E-state index contributed by atoms with van der Waals surface area (Å²) >= 11 is 0. The molecule has 0 saturated carbocycles. The molecule has 0 fully saturated rings. The van der Waals surface area contributed by atoms with Gasteiger partial charge in [0, 0.05) is 32.7 Å². The van der Waals surface area contributed by atoms with Crippen LogP contribution < -0.4 is 5.32 Å². The van der Waals surface area contributed by atoms with Crippen LogP contribution in [0.5, 0.6) is 0 Å². The molecule has 2 amide bonds. The predicted octanol–water partition coefficient (Wildman–Crippen LogP) is 2.36. The maximum absolute atomic E-state index is 12.3. The average Bonchev–Trinajstić information content (AvgIpc) is 2.59. The topological polar surface area (TPSA) is 58.6 Å². The van der Waals surface area contributed by atoms with Crippen LogP contribution in [0.3, 0.4) is 0 Å². The third kappa shape index (κ3) is 6.82. The van der Waals surface area contributed by atoms with E-state index >= 15 is 0 Å². The van der Waals surface area contributed by atoms with E-state index in [0.717, 1.165) is 12.0 Å². The lowest BCUT2D eigenvalue weighted by Crippen LogP contribution is -2.47. The van der Waals surface area contributed by atoms with Crippen LogP contribution in [0.25, 0.3) is 0 Å². The summed E-state index contributed by atoms with van der Waals surface area (Å²) in [6, 6.07) is 9.23. The Labute approximate surface area is 139 Å². The number of hydrogen-bond donors (Lipinski definition) is 1. The minimum absolute atomic E-state index is 0.0224. The van der Waals surface area contributed by atoms with Crippen molar-refractivity contribution >= 4 is 11.8 Å². The summed E-state index contributed by atoms with van der Waals surface area (Å²) < 4.78 is 5.24. The summed E-state index contributed by atoms with van der Waals surface area (Å²) in [6.45, 7) is 7.84. The van der Waals surface area contributed by atoms with Crippen LogP contribution in [-0.4, -0.2) is 42.5 Å². The van der Waals surface area contributed by atoms with E-state index in [0.29, 0.717) is 32.7 Å². The minimum Gasteiger partial charge on any atom is -0.382 e. The van der Waals surface area contributed by atoms with Crippen molar-refractivity contribution in [2.75, 3.05) is 19.8 Å². The van der Waals surface area contributed by atoms with Crippen LogP contribution >= 0.6 is 0 Å². The van der Waals surface area contributed by atoms with Crippen molar-refractivity contribution in [2.45, 2.75) is 46.2 Å². The molecule has 0 heterocycles. The molecule has 0 radical (unpaired) electrons. The summed E-state index contributed by atoms with van der Waals surface area (Å²) in [5.41, 5.74) is 1.02. The number of nitrogens with zero attached hydrogens (tertiary/aromatic N) is 1. The van der Waals surface area contributed by atoms with Gasteiger partial charge in [0.25, 0.3) is 0 Å². The first-order chi connectivity index (χ1) is 11.1. The summed E-state index contributed by atoms with van der Waals surface area (Å²) in [5, 5.41) is 2.87. The van der Waals surface area contributed by atoms with Gasteiger partial charge in [-0.05, 0) is 25.8 Å². The Hall–Kier alpha value is -1.88. The van der Waals surface area contributed by atoms with Crippen LogP contribution in [0.1, 0.15) is 39.2 Å². The van der Waals surface area contributed by atoms with Crippen molar-refractivity contribution in [3.8, 4) is 0 Å². The molecule has 5 nitrogen and oxygen atoms in total. The molecule has 1 N–H and O–H groups in total. The van der Waals surface area contributed by atoms with Gasteiger partial charge in [0.05, 0.1) is 0 Å².